The number of amides is 1. The SMILES string of the molecule is COC1CCC=CC1C(c1ccccc1)C(C)(C)C(=O)Nc1nc(C2=CCCc3ccccc32)cs1. The molecule has 0 spiro atoms. The fourth-order valence-electron chi connectivity index (χ4n) is 5.79. The van der Waals surface area contributed by atoms with Crippen LogP contribution in [0.2, 0.25) is 0 Å². The zero-order valence-electron chi connectivity index (χ0n) is 21.2. The van der Waals surface area contributed by atoms with Crippen molar-refractivity contribution in [2.24, 2.45) is 11.3 Å². The van der Waals surface area contributed by atoms with Crippen LogP contribution in [0.15, 0.2) is 78.2 Å². The van der Waals surface area contributed by atoms with E-state index in [1.54, 1.807) is 7.11 Å². The molecule has 0 aliphatic heterocycles. The zero-order valence-corrected chi connectivity index (χ0v) is 22.1. The van der Waals surface area contributed by atoms with Gasteiger partial charge < -0.3 is 10.1 Å². The maximum Gasteiger partial charge on any atom is 0.232 e. The lowest BCUT2D eigenvalue weighted by Gasteiger charge is -2.41. The number of fused-ring (bicyclic) bond motifs is 1. The number of carbonyl (C=O) groups excluding carboxylic acids is 1. The van der Waals surface area contributed by atoms with Crippen LogP contribution in [0.25, 0.3) is 5.57 Å². The largest absolute Gasteiger partial charge is 0.381 e. The minimum atomic E-state index is -0.687. The maximum absolute atomic E-state index is 13.8. The zero-order chi connectivity index (χ0) is 25.1. The number of aromatic nitrogens is 1. The smallest absolute Gasteiger partial charge is 0.232 e. The van der Waals surface area contributed by atoms with E-state index >= 15 is 0 Å². The first-order valence-corrected chi connectivity index (χ1v) is 13.7. The van der Waals surface area contributed by atoms with Gasteiger partial charge in [0.2, 0.25) is 5.91 Å². The number of nitrogens with zero attached hydrogens (tertiary/aromatic N) is 1. The molecular weight excluding hydrogens is 464 g/mol. The highest BCUT2D eigenvalue weighted by Gasteiger charge is 2.44. The van der Waals surface area contributed by atoms with Gasteiger partial charge in [0.25, 0.3) is 0 Å². The van der Waals surface area contributed by atoms with E-state index in [4.69, 9.17) is 9.72 Å². The maximum atomic E-state index is 13.8. The summed E-state index contributed by atoms with van der Waals surface area (Å²) in [4.78, 5) is 18.7. The van der Waals surface area contributed by atoms with Crippen molar-refractivity contribution in [3.8, 4) is 0 Å². The monoisotopic (exact) mass is 498 g/mol. The average molecular weight is 499 g/mol. The molecule has 5 rings (SSSR count). The first-order chi connectivity index (χ1) is 17.5. The predicted octanol–water partition coefficient (Wildman–Crippen LogP) is 7.25. The number of benzene rings is 2. The van der Waals surface area contributed by atoms with Gasteiger partial charge in [0.1, 0.15) is 0 Å². The minimum Gasteiger partial charge on any atom is -0.381 e. The Morgan fingerprint density at radius 3 is 2.69 bits per heavy atom. The Bertz CT molecular complexity index is 1270. The van der Waals surface area contributed by atoms with E-state index < -0.39 is 5.41 Å². The minimum absolute atomic E-state index is 0.0240. The number of rotatable bonds is 7. The molecule has 3 aromatic rings. The van der Waals surface area contributed by atoms with Gasteiger partial charge in [-0.05, 0) is 42.4 Å². The summed E-state index contributed by atoms with van der Waals surface area (Å²) >= 11 is 1.49. The molecule has 0 fully saturated rings. The number of ether oxygens (including phenoxy) is 1. The number of thiazole rings is 1. The van der Waals surface area contributed by atoms with E-state index in [0.717, 1.165) is 42.5 Å². The third-order valence-corrected chi connectivity index (χ3v) is 8.44. The van der Waals surface area contributed by atoms with Gasteiger partial charge in [0, 0.05) is 29.9 Å². The number of allylic oxidation sites excluding steroid dienone is 2. The van der Waals surface area contributed by atoms with E-state index in [9.17, 15) is 4.79 Å². The van der Waals surface area contributed by atoms with Crippen molar-refractivity contribution in [1.29, 1.82) is 0 Å². The molecule has 2 aromatic carbocycles. The standard InChI is InChI=1S/C31H34N2O2S/c1-31(2,28(22-13-5-4-6-14-22)25-17-9-10-19-27(25)35-3)29(34)33-30-32-26(20-36-30)24-18-11-15-21-12-7-8-16-23(21)24/h4-9,12-14,16-18,20,25,27-28H,10-11,15,19H2,1-3H3,(H,32,33,34). The number of aryl methyl sites for hydroxylation is 1. The highest BCUT2D eigenvalue weighted by atomic mass is 32.1. The fraction of sp³-hybridized carbons (Fsp3) is 0.355. The second-order valence-corrected chi connectivity index (χ2v) is 11.1. The molecule has 0 radical (unpaired) electrons. The molecule has 1 N–H and O–H groups in total. The van der Waals surface area contributed by atoms with Crippen LogP contribution in [-0.4, -0.2) is 24.1 Å². The van der Waals surface area contributed by atoms with Crippen LogP contribution in [0, 0.1) is 11.3 Å². The molecule has 0 saturated heterocycles. The van der Waals surface area contributed by atoms with Gasteiger partial charge in [-0.2, -0.15) is 0 Å². The van der Waals surface area contributed by atoms with Crippen molar-refractivity contribution in [1.82, 2.24) is 4.98 Å². The summed E-state index contributed by atoms with van der Waals surface area (Å²) in [5.74, 6) is 0.0549. The summed E-state index contributed by atoms with van der Waals surface area (Å²) in [6, 6.07) is 18.9. The first-order valence-electron chi connectivity index (χ1n) is 12.8. The lowest BCUT2D eigenvalue weighted by molar-refractivity contribution is -0.126. The van der Waals surface area contributed by atoms with Crippen LogP contribution in [0.4, 0.5) is 5.13 Å². The molecule has 2 aliphatic carbocycles. The summed E-state index contributed by atoms with van der Waals surface area (Å²) in [5, 5.41) is 5.86. The van der Waals surface area contributed by atoms with Crippen LogP contribution < -0.4 is 5.32 Å². The van der Waals surface area contributed by atoms with Crippen molar-refractivity contribution in [2.75, 3.05) is 12.4 Å². The summed E-state index contributed by atoms with van der Waals surface area (Å²) in [7, 11) is 1.78. The quantitative estimate of drug-likeness (QED) is 0.349. The average Bonchev–Trinajstić information content (AvgIpc) is 3.37. The number of carbonyl (C=O) groups is 1. The van der Waals surface area contributed by atoms with E-state index in [2.05, 4.69) is 65.3 Å². The van der Waals surface area contributed by atoms with Crippen LogP contribution in [0.1, 0.15) is 61.4 Å². The van der Waals surface area contributed by atoms with E-state index in [0.29, 0.717) is 5.13 Å². The van der Waals surface area contributed by atoms with Crippen molar-refractivity contribution >= 4 is 27.9 Å². The van der Waals surface area contributed by atoms with Crippen LogP contribution >= 0.6 is 11.3 Å². The molecule has 2 aliphatic rings. The number of methoxy groups -OCH3 is 1. The molecule has 3 atom stereocenters. The van der Waals surface area contributed by atoms with Crippen LogP contribution in [-0.2, 0) is 16.0 Å². The summed E-state index contributed by atoms with van der Waals surface area (Å²) in [6.07, 6.45) is 10.9. The number of hydrogen-bond acceptors (Lipinski definition) is 4. The molecule has 1 aromatic heterocycles. The molecule has 0 bridgehead atoms. The van der Waals surface area contributed by atoms with E-state index in [1.165, 1.54) is 22.5 Å². The Morgan fingerprint density at radius 2 is 1.89 bits per heavy atom. The van der Waals surface area contributed by atoms with Crippen molar-refractivity contribution in [3.05, 3.63) is 101 Å². The number of nitrogens with one attached hydrogen (secondary N) is 1. The molecule has 4 nitrogen and oxygen atoms in total. The summed E-state index contributed by atoms with van der Waals surface area (Å²) < 4.78 is 5.90. The van der Waals surface area contributed by atoms with Crippen LogP contribution in [0.3, 0.4) is 0 Å². The molecule has 1 heterocycles. The lowest BCUT2D eigenvalue weighted by atomic mass is 9.65. The predicted molar refractivity (Wildman–Crippen MR) is 148 cm³/mol. The van der Waals surface area contributed by atoms with Gasteiger partial charge in [-0.15, -0.1) is 11.3 Å². The van der Waals surface area contributed by atoms with Crippen molar-refractivity contribution < 1.29 is 9.53 Å². The van der Waals surface area contributed by atoms with Crippen molar-refractivity contribution in [3.63, 3.8) is 0 Å². The van der Waals surface area contributed by atoms with E-state index in [1.807, 2.05) is 32.0 Å². The first kappa shape index (κ1) is 24.7. The highest BCUT2D eigenvalue weighted by Crippen LogP contribution is 2.46. The number of anilines is 1. The Morgan fingerprint density at radius 1 is 1.11 bits per heavy atom. The van der Waals surface area contributed by atoms with Gasteiger partial charge in [0.05, 0.1) is 17.2 Å². The summed E-state index contributed by atoms with van der Waals surface area (Å²) in [6.45, 7) is 4.09. The second-order valence-electron chi connectivity index (χ2n) is 10.3. The van der Waals surface area contributed by atoms with Gasteiger partial charge in [0.15, 0.2) is 5.13 Å². The van der Waals surface area contributed by atoms with Gasteiger partial charge >= 0.3 is 0 Å². The topological polar surface area (TPSA) is 51.2 Å². The lowest BCUT2D eigenvalue weighted by Crippen LogP contribution is -2.43. The third kappa shape index (κ3) is 4.82. The molecule has 36 heavy (non-hydrogen) atoms. The number of hydrogen-bond donors (Lipinski definition) is 1. The molecule has 1 amide bonds. The molecule has 5 heteroatoms. The van der Waals surface area contributed by atoms with Gasteiger partial charge in [-0.25, -0.2) is 4.98 Å². The van der Waals surface area contributed by atoms with E-state index in [-0.39, 0.29) is 23.8 Å². The normalized spacial score (nSPS) is 20.4. The molecule has 0 saturated carbocycles. The Hall–Kier alpha value is -3.02. The molecular formula is C31H34N2O2S. The van der Waals surface area contributed by atoms with Crippen molar-refractivity contribution in [2.45, 2.75) is 51.6 Å². The Labute approximate surface area is 218 Å². The second kappa shape index (κ2) is 10.5. The highest BCUT2D eigenvalue weighted by molar-refractivity contribution is 7.14. The fourth-order valence-corrected chi connectivity index (χ4v) is 6.50. The molecule has 186 valence electrons. The van der Waals surface area contributed by atoms with Crippen LogP contribution in [0.5, 0.6) is 0 Å². The Kier molecular flexibility index (Phi) is 7.22. The third-order valence-electron chi connectivity index (χ3n) is 7.68. The molecule has 3 unspecified atom stereocenters. The summed E-state index contributed by atoms with van der Waals surface area (Å²) in [5.41, 5.74) is 5.15. The van der Waals surface area contributed by atoms with Gasteiger partial charge in [-0.3, -0.25) is 4.79 Å². The van der Waals surface area contributed by atoms with Gasteiger partial charge in [-0.1, -0.05) is 86.7 Å². The Balaban J connectivity index is 1.41.